The van der Waals surface area contributed by atoms with Gasteiger partial charge in [-0.15, -0.1) is 0 Å². The molecule has 118 valence electrons. The molecule has 1 N–H and O–H groups in total. The van der Waals surface area contributed by atoms with Gasteiger partial charge in [0.1, 0.15) is 5.56 Å². The van der Waals surface area contributed by atoms with E-state index in [0.717, 1.165) is 23.0 Å². The van der Waals surface area contributed by atoms with E-state index in [1.807, 2.05) is 0 Å². The van der Waals surface area contributed by atoms with Crippen molar-refractivity contribution < 1.29 is 27.8 Å². The van der Waals surface area contributed by atoms with E-state index >= 15 is 0 Å². The molecule has 1 heterocycles. The average Bonchev–Trinajstić information content (AvgIpc) is 2.80. The van der Waals surface area contributed by atoms with Gasteiger partial charge in [0.2, 0.25) is 5.88 Å². The van der Waals surface area contributed by atoms with Crippen LogP contribution in [-0.2, 0) is 10.9 Å². The van der Waals surface area contributed by atoms with E-state index in [-0.39, 0.29) is 22.9 Å². The van der Waals surface area contributed by atoms with Gasteiger partial charge in [0.15, 0.2) is 0 Å². The lowest BCUT2D eigenvalue weighted by Gasteiger charge is -2.10. The van der Waals surface area contributed by atoms with Gasteiger partial charge in [0, 0.05) is 0 Å². The molecule has 0 fully saturated rings. The quantitative estimate of drug-likeness (QED) is 0.873. The van der Waals surface area contributed by atoms with Crippen LogP contribution in [0.4, 0.5) is 13.2 Å². The summed E-state index contributed by atoms with van der Waals surface area (Å²) in [5.41, 5.74) is -1.14. The van der Waals surface area contributed by atoms with E-state index in [2.05, 4.69) is 5.10 Å². The molecule has 0 aliphatic rings. The summed E-state index contributed by atoms with van der Waals surface area (Å²) in [6.45, 7) is 1.69. The second-order valence-corrected chi connectivity index (χ2v) is 4.59. The number of rotatable bonds is 3. The number of hydrogen-bond acceptors (Lipinski definition) is 4. The van der Waals surface area contributed by atoms with Gasteiger partial charge in [-0.3, -0.25) is 0 Å². The van der Waals surface area contributed by atoms with Crippen molar-refractivity contribution in [3.8, 4) is 11.6 Å². The number of alkyl halides is 3. The normalized spacial score (nSPS) is 11.5. The topological polar surface area (TPSA) is 64.3 Å². The van der Waals surface area contributed by atoms with Crippen molar-refractivity contribution >= 4 is 17.6 Å². The molecule has 0 aliphatic heterocycles. The van der Waals surface area contributed by atoms with Crippen molar-refractivity contribution in [1.82, 2.24) is 9.78 Å². The van der Waals surface area contributed by atoms with E-state index in [4.69, 9.17) is 16.3 Å². The third kappa shape index (κ3) is 3.01. The molecule has 1 aromatic heterocycles. The summed E-state index contributed by atoms with van der Waals surface area (Å²) in [5.74, 6) is -1.37. The first-order valence-corrected chi connectivity index (χ1v) is 6.44. The summed E-state index contributed by atoms with van der Waals surface area (Å²) in [4.78, 5) is 11.6. The fourth-order valence-corrected chi connectivity index (χ4v) is 1.99. The number of benzene rings is 1. The van der Waals surface area contributed by atoms with E-state index in [0.29, 0.717) is 6.07 Å². The predicted molar refractivity (Wildman–Crippen MR) is 71.2 cm³/mol. The molecule has 2 rings (SSSR count). The number of carbonyl (C=O) groups is 1. The number of esters is 1. The summed E-state index contributed by atoms with van der Waals surface area (Å²) in [5, 5.41) is 13.4. The van der Waals surface area contributed by atoms with Crippen LogP contribution in [0.2, 0.25) is 5.02 Å². The summed E-state index contributed by atoms with van der Waals surface area (Å²) in [7, 11) is 0. The Hall–Kier alpha value is -2.22. The largest absolute Gasteiger partial charge is 0.493 e. The van der Waals surface area contributed by atoms with Crippen LogP contribution in [0.5, 0.6) is 5.88 Å². The number of aromatic hydroxyl groups is 1. The molecule has 0 atom stereocenters. The zero-order chi connectivity index (χ0) is 16.5. The van der Waals surface area contributed by atoms with Gasteiger partial charge in [-0.2, -0.15) is 23.0 Å². The van der Waals surface area contributed by atoms with Gasteiger partial charge in [-0.05, 0) is 25.1 Å². The van der Waals surface area contributed by atoms with Crippen molar-refractivity contribution in [3.63, 3.8) is 0 Å². The predicted octanol–water partition coefficient (Wildman–Crippen LogP) is 3.43. The second-order valence-electron chi connectivity index (χ2n) is 4.18. The van der Waals surface area contributed by atoms with Crippen LogP contribution in [0.15, 0.2) is 24.4 Å². The van der Waals surface area contributed by atoms with Crippen LogP contribution in [0, 0.1) is 0 Å². The number of hydrogen-bond donors (Lipinski definition) is 1. The molecule has 0 saturated carbocycles. The maximum absolute atomic E-state index is 12.6. The molecule has 0 saturated heterocycles. The summed E-state index contributed by atoms with van der Waals surface area (Å²) < 4.78 is 43.3. The van der Waals surface area contributed by atoms with E-state index in [1.54, 1.807) is 6.92 Å². The van der Waals surface area contributed by atoms with Crippen molar-refractivity contribution in [1.29, 1.82) is 0 Å². The highest BCUT2D eigenvalue weighted by molar-refractivity contribution is 6.32. The minimum atomic E-state index is -4.54. The molecule has 5 nitrogen and oxygen atoms in total. The number of halogens is 4. The minimum absolute atomic E-state index is 0.00251. The van der Waals surface area contributed by atoms with Gasteiger partial charge in [-0.1, -0.05) is 11.6 Å². The van der Waals surface area contributed by atoms with Crippen LogP contribution in [0.1, 0.15) is 22.8 Å². The van der Waals surface area contributed by atoms with Gasteiger partial charge in [0.05, 0.1) is 29.1 Å². The van der Waals surface area contributed by atoms with Gasteiger partial charge in [-0.25, -0.2) is 4.79 Å². The Bertz CT molecular complexity index is 713. The average molecular weight is 335 g/mol. The Kier molecular flexibility index (Phi) is 4.32. The molecule has 0 spiro atoms. The molecule has 1 aromatic carbocycles. The van der Waals surface area contributed by atoms with Gasteiger partial charge >= 0.3 is 12.1 Å². The van der Waals surface area contributed by atoms with Crippen LogP contribution < -0.4 is 0 Å². The van der Waals surface area contributed by atoms with Crippen LogP contribution >= 0.6 is 11.6 Å². The molecule has 9 heteroatoms. The molecule has 0 radical (unpaired) electrons. The summed E-state index contributed by atoms with van der Waals surface area (Å²) >= 11 is 5.80. The third-order valence-corrected chi connectivity index (χ3v) is 3.05. The molecule has 0 unspecified atom stereocenters. The summed E-state index contributed by atoms with van der Waals surface area (Å²) in [6, 6.07) is 2.56. The number of aromatic nitrogens is 2. The molecule has 0 amide bonds. The highest BCUT2D eigenvalue weighted by Crippen LogP contribution is 2.34. The van der Waals surface area contributed by atoms with Gasteiger partial charge in [0.25, 0.3) is 0 Å². The van der Waals surface area contributed by atoms with Crippen LogP contribution in [0.3, 0.4) is 0 Å². The Balaban J connectivity index is 2.43. The zero-order valence-corrected chi connectivity index (χ0v) is 11.9. The number of carbonyl (C=O) groups excluding carboxylic acids is 1. The molecular formula is C13H10ClF3N2O3. The van der Waals surface area contributed by atoms with Crippen molar-refractivity contribution in [2.75, 3.05) is 6.61 Å². The smallest absolute Gasteiger partial charge is 0.416 e. The molecule has 0 aliphatic carbocycles. The first-order valence-electron chi connectivity index (χ1n) is 6.07. The number of nitrogens with zero attached hydrogens (tertiary/aromatic N) is 2. The maximum Gasteiger partial charge on any atom is 0.416 e. The molecule has 2 aromatic rings. The zero-order valence-electron chi connectivity index (χ0n) is 11.2. The second kappa shape index (κ2) is 5.88. The lowest BCUT2D eigenvalue weighted by Crippen LogP contribution is -2.06. The highest BCUT2D eigenvalue weighted by Gasteiger charge is 2.31. The Morgan fingerprint density at radius 1 is 1.45 bits per heavy atom. The van der Waals surface area contributed by atoms with E-state index in [1.165, 1.54) is 0 Å². The minimum Gasteiger partial charge on any atom is -0.493 e. The highest BCUT2D eigenvalue weighted by atomic mass is 35.5. The van der Waals surface area contributed by atoms with Crippen molar-refractivity contribution in [2.24, 2.45) is 0 Å². The van der Waals surface area contributed by atoms with E-state index in [9.17, 15) is 23.1 Å². The van der Waals surface area contributed by atoms with Gasteiger partial charge < -0.3 is 9.84 Å². The molecular weight excluding hydrogens is 325 g/mol. The maximum atomic E-state index is 12.6. The monoisotopic (exact) mass is 334 g/mol. The van der Waals surface area contributed by atoms with Crippen LogP contribution in [-0.4, -0.2) is 27.5 Å². The standard InChI is InChI=1S/C13H10ClF3N2O3/c1-2-22-12(21)8-6-18-19(11(8)20)10-4-3-7(5-9(10)14)13(15,16)17/h3-6,20H,2H2,1H3. The SMILES string of the molecule is CCOC(=O)c1cnn(-c2ccc(C(F)(F)F)cc2Cl)c1O. The Morgan fingerprint density at radius 3 is 2.68 bits per heavy atom. The van der Waals surface area contributed by atoms with Crippen LogP contribution in [0.25, 0.3) is 5.69 Å². The van der Waals surface area contributed by atoms with Crippen molar-refractivity contribution in [3.05, 3.63) is 40.5 Å². The summed E-state index contributed by atoms with van der Waals surface area (Å²) in [6.07, 6.45) is -3.49. The van der Waals surface area contributed by atoms with E-state index < -0.39 is 23.6 Å². The fraction of sp³-hybridized carbons (Fsp3) is 0.231. The van der Waals surface area contributed by atoms with Crippen molar-refractivity contribution in [2.45, 2.75) is 13.1 Å². The number of ether oxygens (including phenoxy) is 1. The fourth-order valence-electron chi connectivity index (χ4n) is 1.73. The third-order valence-electron chi connectivity index (χ3n) is 2.74. The molecule has 22 heavy (non-hydrogen) atoms. The first kappa shape index (κ1) is 16.2. The molecule has 0 bridgehead atoms. The lowest BCUT2D eigenvalue weighted by atomic mass is 10.2. The first-order chi connectivity index (χ1) is 10.3. The Morgan fingerprint density at radius 2 is 2.14 bits per heavy atom. The Labute approximate surface area is 127 Å². The lowest BCUT2D eigenvalue weighted by molar-refractivity contribution is -0.137.